The zero-order valence-electron chi connectivity index (χ0n) is 25.4. The fourth-order valence-corrected chi connectivity index (χ4v) is 7.71. The Bertz CT molecular complexity index is 1880. The molecule has 0 aliphatic heterocycles. The molecule has 0 radical (unpaired) electrons. The highest BCUT2D eigenvalue weighted by molar-refractivity contribution is 5.93. The van der Waals surface area contributed by atoms with Crippen LogP contribution in [-0.2, 0) is 0 Å². The van der Waals surface area contributed by atoms with E-state index in [1.54, 1.807) is 0 Å². The lowest BCUT2D eigenvalue weighted by molar-refractivity contribution is 0.754. The molecule has 7 aromatic carbocycles. The van der Waals surface area contributed by atoms with Gasteiger partial charge in [-0.3, -0.25) is 0 Å². The van der Waals surface area contributed by atoms with E-state index in [1.807, 2.05) is 0 Å². The Balaban J connectivity index is 1.39. The minimum atomic E-state index is 0.176. The van der Waals surface area contributed by atoms with Crippen LogP contribution in [0.3, 0.4) is 0 Å². The van der Waals surface area contributed by atoms with Crippen LogP contribution in [0.2, 0.25) is 0 Å². The summed E-state index contributed by atoms with van der Waals surface area (Å²) in [5, 5.41) is 0. The second-order valence-electron chi connectivity index (χ2n) is 12.1. The van der Waals surface area contributed by atoms with Crippen LogP contribution in [0.4, 0.5) is 34.1 Å². The molecule has 218 valence electrons. The highest BCUT2D eigenvalue weighted by Crippen LogP contribution is 2.59. The predicted octanol–water partition coefficient (Wildman–Crippen LogP) is 11.6. The second kappa shape index (κ2) is 10.9. The average molecular weight is 589 g/mol. The van der Waals surface area contributed by atoms with Crippen LogP contribution in [-0.4, -0.2) is 0 Å². The molecule has 0 aromatic heterocycles. The van der Waals surface area contributed by atoms with Crippen LogP contribution in [0.25, 0.3) is 0 Å². The summed E-state index contributed by atoms with van der Waals surface area (Å²) in [5.41, 5.74) is 15.2. The Labute approximate surface area is 270 Å². The quantitative estimate of drug-likeness (QED) is 0.191. The number of hydrogen-bond donors (Lipinski definition) is 0. The predicted molar refractivity (Wildman–Crippen MR) is 191 cm³/mol. The molecule has 0 amide bonds. The van der Waals surface area contributed by atoms with Gasteiger partial charge in [0.2, 0.25) is 0 Å². The Morgan fingerprint density at radius 2 is 0.500 bits per heavy atom. The zero-order valence-corrected chi connectivity index (χ0v) is 25.4. The van der Waals surface area contributed by atoms with Gasteiger partial charge >= 0.3 is 0 Å². The zero-order chi connectivity index (χ0) is 30.5. The highest BCUT2D eigenvalue weighted by atomic mass is 15.2. The molecule has 2 nitrogen and oxygen atoms in total. The van der Waals surface area contributed by atoms with Gasteiger partial charge in [0.15, 0.2) is 0 Å². The van der Waals surface area contributed by atoms with Gasteiger partial charge in [-0.25, -0.2) is 0 Å². The van der Waals surface area contributed by atoms with Crippen molar-refractivity contribution in [3.63, 3.8) is 0 Å². The molecule has 2 heteroatoms. The summed E-state index contributed by atoms with van der Waals surface area (Å²) in [6.07, 6.45) is 0. The van der Waals surface area contributed by atoms with Crippen LogP contribution >= 0.6 is 0 Å². The van der Waals surface area contributed by atoms with Crippen LogP contribution in [0.5, 0.6) is 0 Å². The third-order valence-corrected chi connectivity index (χ3v) is 9.58. The number of benzene rings is 7. The van der Waals surface area contributed by atoms with Crippen molar-refractivity contribution < 1.29 is 0 Å². The molecule has 10 rings (SSSR count). The van der Waals surface area contributed by atoms with Crippen molar-refractivity contribution in [2.75, 3.05) is 9.80 Å². The number of anilines is 6. The van der Waals surface area contributed by atoms with Gasteiger partial charge in [-0.05, 0) is 94.0 Å². The average Bonchev–Trinajstić information content (AvgIpc) is 3.13. The van der Waals surface area contributed by atoms with Crippen LogP contribution in [0.1, 0.15) is 45.2 Å². The first-order valence-electron chi connectivity index (χ1n) is 16.0. The molecule has 0 spiro atoms. The van der Waals surface area contributed by atoms with Crippen molar-refractivity contribution in [3.8, 4) is 0 Å². The number of hydrogen-bond acceptors (Lipinski definition) is 2. The van der Waals surface area contributed by atoms with Gasteiger partial charge in [-0.1, -0.05) is 121 Å². The lowest BCUT2D eigenvalue weighted by Gasteiger charge is -2.44. The van der Waals surface area contributed by atoms with E-state index in [9.17, 15) is 0 Å². The van der Waals surface area contributed by atoms with E-state index in [0.29, 0.717) is 0 Å². The number of rotatable bonds is 6. The molecule has 0 N–H and O–H groups in total. The maximum Gasteiger partial charge on any atom is 0.0705 e. The highest BCUT2D eigenvalue weighted by Gasteiger charge is 2.42. The molecule has 0 saturated heterocycles. The van der Waals surface area contributed by atoms with Gasteiger partial charge in [0.25, 0.3) is 0 Å². The molecular weight excluding hydrogens is 556 g/mol. The van der Waals surface area contributed by atoms with Gasteiger partial charge in [0.05, 0.1) is 11.4 Å². The molecule has 3 aliphatic carbocycles. The second-order valence-corrected chi connectivity index (χ2v) is 12.1. The van der Waals surface area contributed by atoms with E-state index in [-0.39, 0.29) is 11.8 Å². The summed E-state index contributed by atoms with van der Waals surface area (Å²) in [5.74, 6) is 0.353. The van der Waals surface area contributed by atoms with E-state index in [0.717, 1.165) is 34.1 Å². The molecule has 0 saturated carbocycles. The van der Waals surface area contributed by atoms with Crippen LogP contribution < -0.4 is 9.80 Å². The monoisotopic (exact) mass is 588 g/mol. The first-order chi connectivity index (χ1) is 22.9. The normalized spacial score (nSPS) is 15.4. The summed E-state index contributed by atoms with van der Waals surface area (Å²) < 4.78 is 0. The van der Waals surface area contributed by atoms with E-state index < -0.39 is 0 Å². The molecule has 0 fully saturated rings. The van der Waals surface area contributed by atoms with Crippen molar-refractivity contribution in [1.82, 2.24) is 0 Å². The van der Waals surface area contributed by atoms with Crippen molar-refractivity contribution in [2.45, 2.75) is 11.8 Å². The molecule has 7 aromatic rings. The number of nitrogens with zero attached hydrogens (tertiary/aromatic N) is 2. The van der Waals surface area contributed by atoms with Crippen molar-refractivity contribution in [1.29, 1.82) is 0 Å². The van der Waals surface area contributed by atoms with Crippen LogP contribution in [0.15, 0.2) is 182 Å². The molecular formula is C44H32N2. The Morgan fingerprint density at radius 3 is 0.761 bits per heavy atom. The van der Waals surface area contributed by atoms with Crippen molar-refractivity contribution >= 4 is 34.1 Å². The minimum absolute atomic E-state index is 0.176. The lowest BCUT2D eigenvalue weighted by atomic mass is 9.61. The molecule has 0 heterocycles. The lowest BCUT2D eigenvalue weighted by Crippen LogP contribution is -2.28. The van der Waals surface area contributed by atoms with Gasteiger partial charge in [-0.2, -0.15) is 0 Å². The fourth-order valence-electron chi connectivity index (χ4n) is 7.71. The molecule has 0 atom stereocenters. The fraction of sp³-hybridized carbons (Fsp3) is 0.0455. The standard InChI is InChI=1S/C44H32N2/c1-5-17-31(18-6-1)45(32-19-7-2-8-20-32)41-29-39-40(30-42(41)46(33-21-9-3-10-22-33)34-23-11-4-12-24-34)44-37-27-15-13-25-35(37)43(39)36-26-14-16-28-38(36)44/h1-30,43-44H. The van der Waals surface area contributed by atoms with Gasteiger partial charge in [0, 0.05) is 34.6 Å². The third-order valence-electron chi connectivity index (χ3n) is 9.58. The summed E-state index contributed by atoms with van der Waals surface area (Å²) in [7, 11) is 0. The van der Waals surface area contributed by atoms with E-state index >= 15 is 0 Å². The minimum Gasteiger partial charge on any atom is -0.308 e. The largest absolute Gasteiger partial charge is 0.308 e. The number of para-hydroxylation sites is 4. The van der Waals surface area contributed by atoms with Crippen molar-refractivity contribution in [2.24, 2.45) is 0 Å². The maximum absolute atomic E-state index is 2.49. The van der Waals surface area contributed by atoms with Crippen LogP contribution in [0, 0.1) is 0 Å². The Hall–Kier alpha value is -5.86. The molecule has 0 unspecified atom stereocenters. The topological polar surface area (TPSA) is 6.48 Å². The van der Waals surface area contributed by atoms with E-state index in [4.69, 9.17) is 0 Å². The Morgan fingerprint density at radius 1 is 0.261 bits per heavy atom. The molecule has 46 heavy (non-hydrogen) atoms. The van der Waals surface area contributed by atoms with Gasteiger partial charge in [0.1, 0.15) is 0 Å². The maximum atomic E-state index is 2.49. The first-order valence-corrected chi connectivity index (χ1v) is 16.0. The van der Waals surface area contributed by atoms with Gasteiger partial charge < -0.3 is 9.80 Å². The summed E-state index contributed by atoms with van der Waals surface area (Å²) >= 11 is 0. The van der Waals surface area contributed by atoms with Crippen molar-refractivity contribution in [3.05, 3.63) is 215 Å². The molecule has 2 bridgehead atoms. The van der Waals surface area contributed by atoms with Gasteiger partial charge in [-0.15, -0.1) is 0 Å². The molecule has 3 aliphatic rings. The SMILES string of the molecule is c1ccc(N(c2ccccc2)c2cc3c(cc2N(c2ccccc2)c2ccccc2)C2c4ccccc4C3c3ccccc32)cc1. The van der Waals surface area contributed by atoms with E-state index in [1.165, 1.54) is 33.4 Å². The smallest absolute Gasteiger partial charge is 0.0705 e. The Kier molecular flexibility index (Phi) is 6.31. The first kappa shape index (κ1) is 26.5. The summed E-state index contributed by atoms with van der Waals surface area (Å²) in [6.45, 7) is 0. The third kappa shape index (κ3) is 4.18. The van der Waals surface area contributed by atoms with E-state index in [2.05, 4.69) is 192 Å². The summed E-state index contributed by atoms with van der Waals surface area (Å²) in [6, 6.07) is 66.2. The summed E-state index contributed by atoms with van der Waals surface area (Å²) in [4.78, 5) is 4.85.